The fourth-order valence-electron chi connectivity index (χ4n) is 3.06. The van der Waals surface area contributed by atoms with Crippen LogP contribution in [0.25, 0.3) is 0 Å². The maximum Gasteiger partial charge on any atom is 0.247 e. The third-order valence-corrected chi connectivity index (χ3v) is 4.84. The summed E-state index contributed by atoms with van der Waals surface area (Å²) in [7, 11) is 0. The molecule has 0 aromatic heterocycles. The number of para-hydroxylation sites is 2. The van der Waals surface area contributed by atoms with E-state index in [0.29, 0.717) is 18.0 Å². The van der Waals surface area contributed by atoms with Gasteiger partial charge in [-0.05, 0) is 55.7 Å². The molecule has 2 aromatic rings. The Kier molecular flexibility index (Phi) is 6.19. The van der Waals surface area contributed by atoms with E-state index in [-0.39, 0.29) is 18.2 Å². The van der Waals surface area contributed by atoms with Crippen molar-refractivity contribution in [1.29, 1.82) is 0 Å². The average molecular weight is 381 g/mol. The van der Waals surface area contributed by atoms with Crippen LogP contribution in [0.2, 0.25) is 0 Å². The van der Waals surface area contributed by atoms with Crippen molar-refractivity contribution in [1.82, 2.24) is 0 Å². The summed E-state index contributed by atoms with van der Waals surface area (Å²) in [5, 5.41) is 8.94. The van der Waals surface area contributed by atoms with E-state index in [9.17, 15) is 9.59 Å². The van der Waals surface area contributed by atoms with Gasteiger partial charge in [-0.2, -0.15) is 0 Å². The van der Waals surface area contributed by atoms with Crippen molar-refractivity contribution in [3.05, 3.63) is 47.5 Å². The SMILES string of the molecule is CCCCOc1ccccc1NC(=O)C[C@@H]1Nc2cc(C)c(C)cc2NC1=O. The van der Waals surface area contributed by atoms with Gasteiger partial charge in [0.1, 0.15) is 11.8 Å². The van der Waals surface area contributed by atoms with E-state index in [0.717, 1.165) is 35.3 Å². The van der Waals surface area contributed by atoms with Gasteiger partial charge >= 0.3 is 0 Å². The molecule has 1 heterocycles. The van der Waals surface area contributed by atoms with Gasteiger partial charge in [0.15, 0.2) is 0 Å². The normalized spacial score (nSPS) is 15.2. The summed E-state index contributed by atoms with van der Waals surface area (Å²) in [5.41, 5.74) is 4.44. The van der Waals surface area contributed by atoms with Gasteiger partial charge in [-0.25, -0.2) is 0 Å². The van der Waals surface area contributed by atoms with Crippen molar-refractivity contribution in [2.45, 2.75) is 46.1 Å². The van der Waals surface area contributed by atoms with E-state index in [1.807, 2.05) is 44.2 Å². The smallest absolute Gasteiger partial charge is 0.247 e. The quantitative estimate of drug-likeness (QED) is 0.627. The van der Waals surface area contributed by atoms with E-state index >= 15 is 0 Å². The Labute approximate surface area is 165 Å². The molecule has 0 spiro atoms. The Morgan fingerprint density at radius 2 is 1.86 bits per heavy atom. The number of fused-ring (bicyclic) bond motifs is 1. The lowest BCUT2D eigenvalue weighted by Crippen LogP contribution is -2.41. The molecule has 3 rings (SSSR count). The van der Waals surface area contributed by atoms with Crippen LogP contribution in [-0.2, 0) is 9.59 Å². The lowest BCUT2D eigenvalue weighted by molar-refractivity contribution is -0.122. The van der Waals surface area contributed by atoms with Crippen LogP contribution in [0.3, 0.4) is 0 Å². The van der Waals surface area contributed by atoms with Crippen molar-refractivity contribution in [2.75, 3.05) is 22.6 Å². The molecule has 0 aliphatic carbocycles. The molecule has 148 valence electrons. The topological polar surface area (TPSA) is 79.5 Å². The largest absolute Gasteiger partial charge is 0.491 e. The highest BCUT2D eigenvalue weighted by Gasteiger charge is 2.28. The zero-order chi connectivity index (χ0) is 20.1. The molecule has 2 amide bonds. The van der Waals surface area contributed by atoms with Crippen molar-refractivity contribution >= 4 is 28.9 Å². The van der Waals surface area contributed by atoms with Gasteiger partial charge in [0.25, 0.3) is 0 Å². The Bertz CT molecular complexity index is 879. The monoisotopic (exact) mass is 381 g/mol. The van der Waals surface area contributed by atoms with E-state index in [1.54, 1.807) is 6.07 Å². The lowest BCUT2D eigenvalue weighted by atomic mass is 10.0. The summed E-state index contributed by atoms with van der Waals surface area (Å²) >= 11 is 0. The summed E-state index contributed by atoms with van der Waals surface area (Å²) in [6.45, 7) is 6.72. The molecule has 1 atom stereocenters. The molecule has 1 aliphatic rings. The minimum absolute atomic E-state index is 0.0293. The van der Waals surface area contributed by atoms with Crippen LogP contribution in [0.5, 0.6) is 5.75 Å². The number of amides is 2. The summed E-state index contributed by atoms with van der Waals surface area (Å²) in [4.78, 5) is 25.0. The number of nitrogens with one attached hydrogen (secondary N) is 3. The number of anilines is 3. The van der Waals surface area contributed by atoms with Gasteiger partial charge in [0.05, 0.1) is 30.1 Å². The first-order chi connectivity index (χ1) is 13.5. The molecule has 0 fully saturated rings. The number of carbonyl (C=O) groups is 2. The fourth-order valence-corrected chi connectivity index (χ4v) is 3.06. The van der Waals surface area contributed by atoms with E-state index in [2.05, 4.69) is 22.9 Å². The molecule has 0 unspecified atom stereocenters. The summed E-state index contributed by atoms with van der Waals surface area (Å²) in [5.74, 6) is 0.187. The minimum Gasteiger partial charge on any atom is -0.491 e. The molecule has 2 aromatic carbocycles. The summed E-state index contributed by atoms with van der Waals surface area (Å²) < 4.78 is 5.75. The average Bonchev–Trinajstić information content (AvgIpc) is 2.66. The van der Waals surface area contributed by atoms with Crippen molar-refractivity contribution in [2.24, 2.45) is 0 Å². The van der Waals surface area contributed by atoms with Crippen LogP contribution in [-0.4, -0.2) is 24.5 Å². The lowest BCUT2D eigenvalue weighted by Gasteiger charge is -2.27. The second-order valence-electron chi connectivity index (χ2n) is 7.12. The van der Waals surface area contributed by atoms with Crippen LogP contribution in [0.4, 0.5) is 17.1 Å². The third-order valence-electron chi connectivity index (χ3n) is 4.84. The highest BCUT2D eigenvalue weighted by atomic mass is 16.5. The zero-order valence-electron chi connectivity index (χ0n) is 16.6. The number of ether oxygens (including phenoxy) is 1. The van der Waals surface area contributed by atoms with Crippen LogP contribution in [0.1, 0.15) is 37.3 Å². The van der Waals surface area contributed by atoms with Gasteiger partial charge in [0.2, 0.25) is 11.8 Å². The molecule has 6 heteroatoms. The zero-order valence-corrected chi connectivity index (χ0v) is 16.6. The van der Waals surface area contributed by atoms with E-state index in [1.165, 1.54) is 0 Å². The Morgan fingerprint density at radius 1 is 1.14 bits per heavy atom. The number of rotatable bonds is 7. The van der Waals surface area contributed by atoms with E-state index in [4.69, 9.17) is 4.74 Å². The van der Waals surface area contributed by atoms with Gasteiger partial charge in [0, 0.05) is 0 Å². The highest BCUT2D eigenvalue weighted by molar-refractivity contribution is 6.06. The molecule has 0 bridgehead atoms. The number of aryl methyl sites for hydroxylation is 2. The third kappa shape index (κ3) is 4.63. The number of hydrogen-bond acceptors (Lipinski definition) is 4. The first-order valence-electron chi connectivity index (χ1n) is 9.68. The number of unbranched alkanes of at least 4 members (excludes halogenated alkanes) is 1. The Balaban J connectivity index is 1.65. The summed E-state index contributed by atoms with van der Waals surface area (Å²) in [6, 6.07) is 10.7. The van der Waals surface area contributed by atoms with E-state index < -0.39 is 6.04 Å². The van der Waals surface area contributed by atoms with Gasteiger partial charge < -0.3 is 20.7 Å². The Morgan fingerprint density at radius 3 is 2.61 bits per heavy atom. The fraction of sp³-hybridized carbons (Fsp3) is 0.364. The molecule has 0 saturated carbocycles. The Hall–Kier alpha value is -3.02. The van der Waals surface area contributed by atoms with Crippen molar-refractivity contribution in [3.63, 3.8) is 0 Å². The van der Waals surface area contributed by atoms with Crippen LogP contribution in [0.15, 0.2) is 36.4 Å². The van der Waals surface area contributed by atoms with Gasteiger partial charge in [-0.1, -0.05) is 25.5 Å². The first kappa shape index (κ1) is 19.7. The van der Waals surface area contributed by atoms with Gasteiger partial charge in [-0.3, -0.25) is 9.59 Å². The van der Waals surface area contributed by atoms with Crippen LogP contribution in [0, 0.1) is 13.8 Å². The maximum absolute atomic E-state index is 12.6. The number of carbonyl (C=O) groups excluding carboxylic acids is 2. The molecule has 0 saturated heterocycles. The van der Waals surface area contributed by atoms with Crippen LogP contribution >= 0.6 is 0 Å². The molecule has 0 radical (unpaired) electrons. The number of hydrogen-bond donors (Lipinski definition) is 3. The first-order valence-corrected chi connectivity index (χ1v) is 9.68. The summed E-state index contributed by atoms with van der Waals surface area (Å²) in [6.07, 6.45) is 2.02. The maximum atomic E-state index is 12.6. The number of benzene rings is 2. The molecule has 3 N–H and O–H groups in total. The molecular formula is C22H27N3O3. The second-order valence-corrected chi connectivity index (χ2v) is 7.12. The molecular weight excluding hydrogens is 354 g/mol. The van der Waals surface area contributed by atoms with Crippen molar-refractivity contribution < 1.29 is 14.3 Å². The standard InChI is InChI=1S/C22H27N3O3/c1-4-5-10-28-20-9-7-6-8-16(20)24-21(26)13-19-22(27)25-18-12-15(3)14(2)11-17(18)23-19/h6-9,11-12,19,23H,4-5,10,13H2,1-3H3,(H,24,26)(H,25,27)/t19-/m0/s1. The molecule has 6 nitrogen and oxygen atoms in total. The predicted molar refractivity (Wildman–Crippen MR) is 112 cm³/mol. The molecule has 1 aliphatic heterocycles. The van der Waals surface area contributed by atoms with Crippen molar-refractivity contribution in [3.8, 4) is 5.75 Å². The highest BCUT2D eigenvalue weighted by Crippen LogP contribution is 2.31. The molecule has 28 heavy (non-hydrogen) atoms. The minimum atomic E-state index is -0.622. The van der Waals surface area contributed by atoms with Crippen LogP contribution < -0.4 is 20.7 Å². The predicted octanol–water partition coefficient (Wildman–Crippen LogP) is 4.24. The second kappa shape index (κ2) is 8.78. The van der Waals surface area contributed by atoms with Gasteiger partial charge in [-0.15, -0.1) is 0 Å².